The Morgan fingerprint density at radius 1 is 1.25 bits per heavy atom. The van der Waals surface area contributed by atoms with Crippen molar-refractivity contribution in [3.8, 4) is 0 Å². The van der Waals surface area contributed by atoms with Crippen LogP contribution in [0.15, 0.2) is 0 Å². The lowest BCUT2D eigenvalue weighted by Gasteiger charge is -2.28. The third-order valence-electron chi connectivity index (χ3n) is 2.36. The highest BCUT2D eigenvalue weighted by molar-refractivity contribution is 4.79. The normalized spacial score (nSPS) is 15.6. The van der Waals surface area contributed by atoms with E-state index in [2.05, 4.69) is 5.32 Å². The number of alkyl halides is 4. The highest BCUT2D eigenvalue weighted by Gasteiger charge is 2.40. The Balaban J connectivity index is 4.04. The predicted octanol–water partition coefficient (Wildman–Crippen LogP) is 2.68. The number of hydrogen-bond acceptors (Lipinski definition) is 2. The van der Waals surface area contributed by atoms with Crippen molar-refractivity contribution in [2.45, 2.75) is 51.2 Å². The fourth-order valence-electron chi connectivity index (χ4n) is 1.28. The molecular formula is C10H19F4NO. The summed E-state index contributed by atoms with van der Waals surface area (Å²) in [5, 5.41) is 2.38. The first-order chi connectivity index (χ1) is 7.10. The molecule has 6 heteroatoms. The first kappa shape index (κ1) is 15.6. The number of ether oxygens (including phenoxy) is 1. The summed E-state index contributed by atoms with van der Waals surface area (Å²) in [6, 6.07) is -0.320. The largest absolute Gasteiger partial charge is 0.379 e. The lowest BCUT2D eigenvalue weighted by Crippen LogP contribution is -2.44. The van der Waals surface area contributed by atoms with E-state index in [1.807, 2.05) is 0 Å². The van der Waals surface area contributed by atoms with Gasteiger partial charge in [0.15, 0.2) is 0 Å². The molecule has 16 heavy (non-hydrogen) atoms. The number of methoxy groups -OCH3 is 1. The molecule has 1 atom stereocenters. The average molecular weight is 245 g/mol. The topological polar surface area (TPSA) is 21.3 Å². The summed E-state index contributed by atoms with van der Waals surface area (Å²) in [5.41, 5.74) is -0.466. The molecule has 0 bridgehead atoms. The fourth-order valence-corrected chi connectivity index (χ4v) is 1.28. The summed E-state index contributed by atoms with van der Waals surface area (Å²) in [7, 11) is 1.51. The Hall–Kier alpha value is -0.360. The van der Waals surface area contributed by atoms with E-state index in [0.717, 1.165) is 0 Å². The molecule has 0 aliphatic heterocycles. The zero-order valence-electron chi connectivity index (χ0n) is 9.99. The molecule has 0 amide bonds. The van der Waals surface area contributed by atoms with Gasteiger partial charge in [-0.05, 0) is 27.2 Å². The molecule has 0 heterocycles. The van der Waals surface area contributed by atoms with E-state index in [-0.39, 0.29) is 6.04 Å². The van der Waals surface area contributed by atoms with Crippen molar-refractivity contribution >= 4 is 0 Å². The van der Waals surface area contributed by atoms with Crippen LogP contribution in [0.3, 0.4) is 0 Å². The molecular weight excluding hydrogens is 226 g/mol. The Morgan fingerprint density at radius 3 is 2.12 bits per heavy atom. The maximum Gasteiger partial charge on any atom is 0.319 e. The van der Waals surface area contributed by atoms with E-state index in [9.17, 15) is 17.6 Å². The molecule has 2 nitrogen and oxygen atoms in total. The van der Waals surface area contributed by atoms with Crippen LogP contribution in [0.25, 0.3) is 0 Å². The maximum absolute atomic E-state index is 12.6. The second kappa shape index (κ2) is 5.82. The van der Waals surface area contributed by atoms with Gasteiger partial charge in [-0.25, -0.2) is 8.78 Å². The fraction of sp³-hybridized carbons (Fsp3) is 1.00. The number of rotatable bonds is 7. The summed E-state index contributed by atoms with van der Waals surface area (Å²) in [5.74, 6) is -3.98. The predicted molar refractivity (Wildman–Crippen MR) is 54.1 cm³/mol. The Morgan fingerprint density at radius 2 is 1.75 bits per heavy atom. The Bertz CT molecular complexity index is 209. The van der Waals surface area contributed by atoms with Crippen molar-refractivity contribution in [1.29, 1.82) is 0 Å². The van der Waals surface area contributed by atoms with E-state index in [4.69, 9.17) is 4.74 Å². The van der Waals surface area contributed by atoms with E-state index in [0.29, 0.717) is 6.42 Å². The van der Waals surface area contributed by atoms with Crippen LogP contribution in [0.5, 0.6) is 0 Å². The summed E-state index contributed by atoms with van der Waals surface area (Å²) < 4.78 is 54.0. The second-order valence-corrected chi connectivity index (χ2v) is 4.51. The molecule has 98 valence electrons. The minimum Gasteiger partial charge on any atom is -0.379 e. The summed E-state index contributed by atoms with van der Waals surface area (Å²) in [4.78, 5) is 0. The molecule has 0 saturated carbocycles. The molecule has 0 saturated heterocycles. The SMILES string of the molecule is COC(C)(C)CC(C)NCC(F)(F)C(F)F. The van der Waals surface area contributed by atoms with Gasteiger partial charge in [-0.15, -0.1) is 0 Å². The molecule has 0 fully saturated rings. The van der Waals surface area contributed by atoms with Crippen LogP contribution < -0.4 is 5.32 Å². The summed E-state index contributed by atoms with van der Waals surface area (Å²) >= 11 is 0. The molecule has 0 rings (SSSR count). The number of halogens is 4. The highest BCUT2D eigenvalue weighted by Crippen LogP contribution is 2.22. The van der Waals surface area contributed by atoms with Crippen molar-refractivity contribution in [2.75, 3.05) is 13.7 Å². The van der Waals surface area contributed by atoms with Gasteiger partial charge < -0.3 is 10.1 Å². The standard InChI is InChI=1S/C10H19F4NO/c1-7(5-9(2,3)16-4)15-6-10(13,14)8(11)12/h7-8,15H,5-6H2,1-4H3. The maximum atomic E-state index is 12.6. The van der Waals surface area contributed by atoms with Gasteiger partial charge in [0.1, 0.15) is 0 Å². The lowest BCUT2D eigenvalue weighted by atomic mass is 10.00. The third-order valence-corrected chi connectivity index (χ3v) is 2.36. The zero-order chi connectivity index (χ0) is 13.0. The third kappa shape index (κ3) is 5.65. The molecule has 0 aromatic carbocycles. The molecule has 0 aromatic rings. The monoisotopic (exact) mass is 245 g/mol. The lowest BCUT2D eigenvalue weighted by molar-refractivity contribution is -0.126. The molecule has 1 unspecified atom stereocenters. The van der Waals surface area contributed by atoms with Crippen molar-refractivity contribution in [3.05, 3.63) is 0 Å². The molecule has 0 spiro atoms. The first-order valence-electron chi connectivity index (χ1n) is 5.05. The quantitative estimate of drug-likeness (QED) is 0.696. The van der Waals surface area contributed by atoms with Crippen LogP contribution in [0.4, 0.5) is 17.6 Å². The number of hydrogen-bond donors (Lipinski definition) is 1. The minimum absolute atomic E-state index is 0.320. The van der Waals surface area contributed by atoms with Gasteiger partial charge in [0, 0.05) is 13.2 Å². The van der Waals surface area contributed by atoms with Gasteiger partial charge in [0.05, 0.1) is 12.1 Å². The zero-order valence-corrected chi connectivity index (χ0v) is 9.99. The van der Waals surface area contributed by atoms with E-state index < -0.39 is 24.5 Å². The summed E-state index contributed by atoms with van der Waals surface area (Å²) in [6.07, 6.45) is -3.18. The van der Waals surface area contributed by atoms with Gasteiger partial charge >= 0.3 is 12.3 Å². The smallest absolute Gasteiger partial charge is 0.319 e. The Kier molecular flexibility index (Phi) is 5.69. The van der Waals surface area contributed by atoms with Crippen LogP contribution in [0, 0.1) is 0 Å². The molecule has 0 radical (unpaired) electrons. The van der Waals surface area contributed by atoms with Crippen LogP contribution >= 0.6 is 0 Å². The van der Waals surface area contributed by atoms with E-state index >= 15 is 0 Å². The van der Waals surface area contributed by atoms with Crippen LogP contribution in [-0.2, 0) is 4.74 Å². The van der Waals surface area contributed by atoms with Gasteiger partial charge in [-0.1, -0.05) is 0 Å². The van der Waals surface area contributed by atoms with Gasteiger partial charge in [0.2, 0.25) is 0 Å². The van der Waals surface area contributed by atoms with Crippen molar-refractivity contribution in [3.63, 3.8) is 0 Å². The van der Waals surface area contributed by atoms with Crippen LogP contribution in [0.1, 0.15) is 27.2 Å². The van der Waals surface area contributed by atoms with Gasteiger partial charge in [-0.3, -0.25) is 0 Å². The molecule has 0 aliphatic rings. The Labute approximate surface area is 93.3 Å². The van der Waals surface area contributed by atoms with Crippen molar-refractivity contribution in [1.82, 2.24) is 5.32 Å². The van der Waals surface area contributed by atoms with Gasteiger partial charge in [-0.2, -0.15) is 8.78 Å². The van der Waals surface area contributed by atoms with E-state index in [1.165, 1.54) is 7.11 Å². The van der Waals surface area contributed by atoms with Crippen LogP contribution in [-0.4, -0.2) is 37.6 Å². The van der Waals surface area contributed by atoms with Crippen LogP contribution in [0.2, 0.25) is 0 Å². The first-order valence-corrected chi connectivity index (χ1v) is 5.05. The highest BCUT2D eigenvalue weighted by atomic mass is 19.3. The second-order valence-electron chi connectivity index (χ2n) is 4.51. The van der Waals surface area contributed by atoms with Gasteiger partial charge in [0.25, 0.3) is 0 Å². The molecule has 1 N–H and O–H groups in total. The summed E-state index contributed by atoms with van der Waals surface area (Å²) in [6.45, 7) is 4.24. The van der Waals surface area contributed by atoms with Crippen molar-refractivity contribution in [2.24, 2.45) is 0 Å². The van der Waals surface area contributed by atoms with Crippen molar-refractivity contribution < 1.29 is 22.3 Å². The number of nitrogens with one attached hydrogen (secondary N) is 1. The molecule has 0 aliphatic carbocycles. The van der Waals surface area contributed by atoms with E-state index in [1.54, 1.807) is 20.8 Å². The average Bonchev–Trinajstić information content (AvgIpc) is 2.14. The molecule has 0 aromatic heterocycles. The minimum atomic E-state index is -3.98.